The third kappa shape index (κ3) is 2.10. The summed E-state index contributed by atoms with van der Waals surface area (Å²) in [6.45, 7) is 0. The molecule has 0 saturated heterocycles. The Morgan fingerprint density at radius 3 is 3.00 bits per heavy atom. The van der Waals surface area contributed by atoms with Crippen LogP contribution in [0.4, 0.5) is 10.6 Å². The number of hydrogen-bond acceptors (Lipinski definition) is 2. The molecule has 6 heteroatoms. The van der Waals surface area contributed by atoms with E-state index in [-0.39, 0.29) is 6.03 Å². The minimum absolute atomic E-state index is 0.280. The first kappa shape index (κ1) is 9.97. The number of hydrogen-bond donors (Lipinski definition) is 2. The van der Waals surface area contributed by atoms with Crippen molar-refractivity contribution in [1.82, 2.24) is 14.7 Å². The van der Waals surface area contributed by atoms with E-state index in [9.17, 15) is 4.79 Å². The molecule has 78 valence electrons. The van der Waals surface area contributed by atoms with Crippen LogP contribution < -0.4 is 10.6 Å². The summed E-state index contributed by atoms with van der Waals surface area (Å²) in [5.74, 6) is 0.521. The molecule has 0 aromatic carbocycles. The first-order chi connectivity index (χ1) is 7.19. The molecule has 2 rings (SSSR count). The lowest BCUT2D eigenvalue weighted by Crippen LogP contribution is -2.24. The van der Waals surface area contributed by atoms with Crippen molar-refractivity contribution in [1.29, 1.82) is 0 Å². The molecule has 0 atom stereocenters. The second-order valence-electron chi connectivity index (χ2n) is 2.94. The fraction of sp³-hybridized carbons (Fsp3) is 0.111. The molecule has 0 bridgehead atoms. The highest BCUT2D eigenvalue weighted by Gasteiger charge is 2.03. The van der Waals surface area contributed by atoms with E-state index in [1.54, 1.807) is 13.2 Å². The maximum absolute atomic E-state index is 11.0. The highest BCUT2D eigenvalue weighted by Crippen LogP contribution is 2.14. The van der Waals surface area contributed by atoms with Crippen LogP contribution in [0, 0.1) is 0 Å². The molecule has 0 aliphatic rings. The zero-order valence-electron chi connectivity index (χ0n) is 7.99. The molecular formula is C9H9BrN4O. The number of urea groups is 1. The summed E-state index contributed by atoms with van der Waals surface area (Å²) >= 11 is 3.36. The molecule has 2 heterocycles. The molecule has 0 aliphatic carbocycles. The molecule has 0 radical (unpaired) electrons. The van der Waals surface area contributed by atoms with Crippen LogP contribution in [0.15, 0.2) is 29.0 Å². The van der Waals surface area contributed by atoms with Crippen LogP contribution >= 0.6 is 15.9 Å². The van der Waals surface area contributed by atoms with E-state index in [2.05, 4.69) is 31.5 Å². The first-order valence-corrected chi connectivity index (χ1v) is 5.11. The number of fused-ring (bicyclic) bond motifs is 1. The first-order valence-electron chi connectivity index (χ1n) is 4.32. The van der Waals surface area contributed by atoms with Crippen molar-refractivity contribution < 1.29 is 4.79 Å². The van der Waals surface area contributed by atoms with Crippen LogP contribution in [-0.2, 0) is 0 Å². The lowest BCUT2D eigenvalue weighted by Gasteiger charge is -1.97. The van der Waals surface area contributed by atoms with Gasteiger partial charge in [0.15, 0.2) is 5.82 Å². The maximum atomic E-state index is 11.0. The number of carbonyl (C=O) groups is 1. The molecule has 5 nitrogen and oxygen atoms in total. The lowest BCUT2D eigenvalue weighted by molar-refractivity contribution is 0.254. The predicted octanol–water partition coefficient (Wildman–Crippen LogP) is 1.85. The largest absolute Gasteiger partial charge is 0.341 e. The lowest BCUT2D eigenvalue weighted by atomic mass is 10.5. The van der Waals surface area contributed by atoms with E-state index in [1.165, 1.54) is 0 Å². The van der Waals surface area contributed by atoms with Gasteiger partial charge in [-0.3, -0.25) is 5.32 Å². The van der Waals surface area contributed by atoms with Crippen LogP contribution in [-0.4, -0.2) is 22.5 Å². The van der Waals surface area contributed by atoms with Gasteiger partial charge in [0.2, 0.25) is 0 Å². The van der Waals surface area contributed by atoms with Gasteiger partial charge in [0.05, 0.1) is 6.20 Å². The van der Waals surface area contributed by atoms with Crippen molar-refractivity contribution >= 4 is 33.4 Å². The Balaban J connectivity index is 2.34. The van der Waals surface area contributed by atoms with Gasteiger partial charge < -0.3 is 9.72 Å². The van der Waals surface area contributed by atoms with Crippen molar-refractivity contribution in [3.63, 3.8) is 0 Å². The summed E-state index contributed by atoms with van der Waals surface area (Å²) in [7, 11) is 1.56. The number of carbonyl (C=O) groups excluding carboxylic acids is 1. The molecule has 2 aromatic heterocycles. The number of pyridine rings is 1. The molecule has 2 aromatic rings. The zero-order valence-corrected chi connectivity index (χ0v) is 9.58. The highest BCUT2D eigenvalue weighted by atomic mass is 79.9. The van der Waals surface area contributed by atoms with Crippen LogP contribution in [0.3, 0.4) is 0 Å². The van der Waals surface area contributed by atoms with E-state index in [0.717, 1.165) is 10.1 Å². The Hall–Kier alpha value is -1.56. The Morgan fingerprint density at radius 1 is 1.47 bits per heavy atom. The van der Waals surface area contributed by atoms with Crippen molar-refractivity contribution in [3.8, 4) is 0 Å². The topological polar surface area (TPSA) is 58.4 Å². The quantitative estimate of drug-likeness (QED) is 0.830. The number of imidazole rings is 1. The highest BCUT2D eigenvalue weighted by molar-refractivity contribution is 9.10. The van der Waals surface area contributed by atoms with Crippen molar-refractivity contribution in [2.45, 2.75) is 0 Å². The van der Waals surface area contributed by atoms with E-state index in [1.807, 2.05) is 22.7 Å². The van der Waals surface area contributed by atoms with Crippen molar-refractivity contribution in [2.24, 2.45) is 0 Å². The number of rotatable bonds is 1. The fourth-order valence-corrected chi connectivity index (χ4v) is 1.56. The maximum Gasteiger partial charge on any atom is 0.320 e. The van der Waals surface area contributed by atoms with Gasteiger partial charge in [0.1, 0.15) is 5.65 Å². The molecule has 0 saturated carbocycles. The molecular weight excluding hydrogens is 260 g/mol. The Kier molecular flexibility index (Phi) is 2.59. The Bertz CT molecular complexity index is 508. The summed E-state index contributed by atoms with van der Waals surface area (Å²) in [5, 5.41) is 5.06. The Morgan fingerprint density at radius 2 is 2.27 bits per heavy atom. The molecule has 0 spiro atoms. The van der Waals surface area contributed by atoms with Crippen LogP contribution in [0.1, 0.15) is 0 Å². The number of anilines is 1. The average molecular weight is 269 g/mol. The second-order valence-corrected chi connectivity index (χ2v) is 3.86. The normalized spacial score (nSPS) is 10.3. The van der Waals surface area contributed by atoms with Crippen LogP contribution in [0.25, 0.3) is 5.65 Å². The number of amides is 2. The number of halogens is 1. The van der Waals surface area contributed by atoms with E-state index in [4.69, 9.17) is 0 Å². The smallest absolute Gasteiger partial charge is 0.320 e. The number of nitrogens with zero attached hydrogens (tertiary/aromatic N) is 2. The predicted molar refractivity (Wildman–Crippen MR) is 61.0 cm³/mol. The van der Waals surface area contributed by atoms with Gasteiger partial charge in [0, 0.05) is 17.7 Å². The minimum atomic E-state index is -0.280. The summed E-state index contributed by atoms with van der Waals surface area (Å²) in [6.07, 6.45) is 3.62. The SMILES string of the molecule is CNC(=O)Nc1cn2cc(Br)ccc2n1. The zero-order chi connectivity index (χ0) is 10.8. The van der Waals surface area contributed by atoms with Gasteiger partial charge >= 0.3 is 6.03 Å². The third-order valence-corrected chi connectivity index (χ3v) is 2.35. The Labute approximate surface area is 94.6 Å². The number of nitrogens with one attached hydrogen (secondary N) is 2. The third-order valence-electron chi connectivity index (χ3n) is 1.88. The monoisotopic (exact) mass is 268 g/mol. The standard InChI is InChI=1S/C9H9BrN4O/c1-11-9(15)13-7-5-14-4-6(10)2-3-8(14)12-7/h2-5H,1H3,(H2,11,13,15). The van der Waals surface area contributed by atoms with Gasteiger partial charge in [-0.2, -0.15) is 0 Å². The minimum Gasteiger partial charge on any atom is -0.341 e. The molecule has 15 heavy (non-hydrogen) atoms. The van der Waals surface area contributed by atoms with Crippen LogP contribution in [0.2, 0.25) is 0 Å². The molecule has 2 amide bonds. The van der Waals surface area contributed by atoms with Crippen LogP contribution in [0.5, 0.6) is 0 Å². The fourth-order valence-electron chi connectivity index (χ4n) is 1.20. The molecule has 0 unspecified atom stereocenters. The van der Waals surface area contributed by atoms with Gasteiger partial charge in [-0.1, -0.05) is 0 Å². The number of aromatic nitrogens is 2. The van der Waals surface area contributed by atoms with Gasteiger partial charge in [-0.05, 0) is 28.1 Å². The molecule has 0 aliphatic heterocycles. The van der Waals surface area contributed by atoms with Gasteiger partial charge in [-0.25, -0.2) is 9.78 Å². The average Bonchev–Trinajstić information content (AvgIpc) is 2.59. The molecule has 0 fully saturated rings. The summed E-state index contributed by atoms with van der Waals surface area (Å²) in [6, 6.07) is 3.47. The van der Waals surface area contributed by atoms with E-state index >= 15 is 0 Å². The summed E-state index contributed by atoms with van der Waals surface area (Å²) in [4.78, 5) is 15.3. The van der Waals surface area contributed by atoms with E-state index in [0.29, 0.717) is 5.82 Å². The summed E-state index contributed by atoms with van der Waals surface area (Å²) in [5.41, 5.74) is 0.782. The van der Waals surface area contributed by atoms with Crippen molar-refractivity contribution in [2.75, 3.05) is 12.4 Å². The van der Waals surface area contributed by atoms with Gasteiger partial charge in [-0.15, -0.1) is 0 Å². The second kappa shape index (κ2) is 3.90. The van der Waals surface area contributed by atoms with E-state index < -0.39 is 0 Å². The van der Waals surface area contributed by atoms with Crippen molar-refractivity contribution in [3.05, 3.63) is 29.0 Å². The molecule has 2 N–H and O–H groups in total. The van der Waals surface area contributed by atoms with Gasteiger partial charge in [0.25, 0.3) is 0 Å². The summed E-state index contributed by atoms with van der Waals surface area (Å²) < 4.78 is 2.79.